The van der Waals surface area contributed by atoms with Crippen molar-refractivity contribution in [2.75, 3.05) is 7.11 Å². The second kappa shape index (κ2) is 9.57. The summed E-state index contributed by atoms with van der Waals surface area (Å²) in [6.07, 6.45) is -0.217. The van der Waals surface area contributed by atoms with Crippen LogP contribution in [0.25, 0.3) is 11.1 Å². The fourth-order valence-corrected chi connectivity index (χ4v) is 4.75. The van der Waals surface area contributed by atoms with Crippen molar-refractivity contribution >= 4 is 29.4 Å². The Morgan fingerprint density at radius 2 is 1.56 bits per heavy atom. The maximum absolute atomic E-state index is 13.6. The van der Waals surface area contributed by atoms with Crippen LogP contribution >= 0.6 is 11.6 Å². The number of rotatable bonds is 6. The van der Waals surface area contributed by atoms with Gasteiger partial charge in [0.1, 0.15) is 11.8 Å². The zero-order valence-corrected chi connectivity index (χ0v) is 19.0. The van der Waals surface area contributed by atoms with Gasteiger partial charge in [-0.2, -0.15) is 0 Å². The van der Waals surface area contributed by atoms with Gasteiger partial charge in [0.05, 0.1) is 19.1 Å². The molecule has 1 heterocycles. The Morgan fingerprint density at radius 1 is 0.912 bits per heavy atom. The lowest BCUT2D eigenvalue weighted by Crippen LogP contribution is -2.42. The Morgan fingerprint density at radius 3 is 2.18 bits per heavy atom. The molecule has 0 spiro atoms. The van der Waals surface area contributed by atoms with E-state index in [0.717, 1.165) is 16.0 Å². The number of ether oxygens (including phenoxy) is 1. The first kappa shape index (κ1) is 23.3. The van der Waals surface area contributed by atoms with E-state index in [-0.39, 0.29) is 17.0 Å². The first-order valence-corrected chi connectivity index (χ1v) is 11.0. The van der Waals surface area contributed by atoms with Crippen LogP contribution in [-0.4, -0.2) is 46.1 Å². The molecular weight excluding hydrogens is 458 g/mol. The molecule has 0 saturated carbocycles. The van der Waals surface area contributed by atoms with E-state index in [9.17, 15) is 24.6 Å². The van der Waals surface area contributed by atoms with E-state index >= 15 is 0 Å². The number of carbonyl (C=O) groups is 3. The molecule has 0 radical (unpaired) electrons. The number of halogens is 1. The summed E-state index contributed by atoms with van der Waals surface area (Å²) in [4.78, 5) is 38.8. The van der Waals surface area contributed by atoms with Gasteiger partial charge in [-0.3, -0.25) is 9.59 Å². The van der Waals surface area contributed by atoms with Gasteiger partial charge in [0.2, 0.25) is 0 Å². The van der Waals surface area contributed by atoms with Crippen LogP contribution in [0.1, 0.15) is 28.4 Å². The molecule has 1 fully saturated rings. The molecule has 3 atom stereocenters. The largest absolute Gasteiger partial charge is 0.496 e. The number of hydrogen-bond acceptors (Lipinski definition) is 4. The Kier molecular flexibility index (Phi) is 6.56. The lowest BCUT2D eigenvalue weighted by molar-refractivity contribution is -0.142. The van der Waals surface area contributed by atoms with Gasteiger partial charge in [0, 0.05) is 16.1 Å². The Hall–Kier alpha value is -3.84. The molecule has 3 unspecified atom stereocenters. The van der Waals surface area contributed by atoms with Gasteiger partial charge in [0.15, 0.2) is 0 Å². The number of methoxy groups -OCH3 is 1. The molecule has 2 N–H and O–H groups in total. The Bertz CT molecular complexity index is 1240. The Balaban J connectivity index is 1.75. The first-order valence-electron chi connectivity index (χ1n) is 10.6. The molecule has 3 aromatic rings. The van der Waals surface area contributed by atoms with Crippen molar-refractivity contribution in [2.45, 2.75) is 18.5 Å². The van der Waals surface area contributed by atoms with Crippen LogP contribution < -0.4 is 4.74 Å². The number of hydrogen-bond donors (Lipinski definition) is 2. The average Bonchev–Trinajstić information content (AvgIpc) is 3.25. The number of amides is 1. The van der Waals surface area contributed by atoms with Crippen molar-refractivity contribution in [1.82, 2.24) is 4.90 Å². The number of benzene rings is 3. The highest BCUT2D eigenvalue weighted by Gasteiger charge is 2.51. The lowest BCUT2D eigenvalue weighted by atomic mass is 9.93. The number of para-hydroxylation sites is 1. The third-order valence-electron chi connectivity index (χ3n) is 6.10. The van der Waals surface area contributed by atoms with E-state index in [2.05, 4.69) is 0 Å². The first-order chi connectivity index (χ1) is 16.3. The molecule has 8 heteroatoms. The fraction of sp³-hybridized carbons (Fsp3) is 0.192. The summed E-state index contributed by atoms with van der Waals surface area (Å²) >= 11 is 6.34. The van der Waals surface area contributed by atoms with E-state index in [0.29, 0.717) is 11.3 Å². The van der Waals surface area contributed by atoms with Crippen molar-refractivity contribution in [2.24, 2.45) is 5.92 Å². The molecule has 174 valence electrons. The zero-order chi connectivity index (χ0) is 24.4. The molecule has 4 rings (SSSR count). The van der Waals surface area contributed by atoms with E-state index in [1.807, 2.05) is 24.3 Å². The predicted octanol–water partition coefficient (Wildman–Crippen LogP) is 4.76. The van der Waals surface area contributed by atoms with Gasteiger partial charge in [-0.25, -0.2) is 4.79 Å². The van der Waals surface area contributed by atoms with Crippen LogP contribution in [0.4, 0.5) is 0 Å². The summed E-state index contributed by atoms with van der Waals surface area (Å²) in [5.41, 5.74) is 2.30. The summed E-state index contributed by atoms with van der Waals surface area (Å²) in [6, 6.07) is 18.4. The molecule has 0 aromatic heterocycles. The van der Waals surface area contributed by atoms with E-state index in [1.165, 1.54) is 0 Å². The maximum atomic E-state index is 13.6. The highest BCUT2D eigenvalue weighted by Crippen LogP contribution is 2.44. The summed E-state index contributed by atoms with van der Waals surface area (Å²) in [7, 11) is 1.57. The van der Waals surface area contributed by atoms with Gasteiger partial charge in [-0.15, -0.1) is 0 Å². The predicted molar refractivity (Wildman–Crippen MR) is 126 cm³/mol. The molecule has 1 amide bonds. The fourth-order valence-electron chi connectivity index (χ4n) is 4.50. The van der Waals surface area contributed by atoms with Gasteiger partial charge in [0.25, 0.3) is 5.91 Å². The highest BCUT2D eigenvalue weighted by molar-refractivity contribution is 6.31. The van der Waals surface area contributed by atoms with E-state index < -0.39 is 35.8 Å². The third-order valence-corrected chi connectivity index (χ3v) is 6.45. The van der Waals surface area contributed by atoms with Gasteiger partial charge in [-0.05, 0) is 41.8 Å². The van der Waals surface area contributed by atoms with Crippen LogP contribution in [-0.2, 0) is 9.59 Å². The van der Waals surface area contributed by atoms with Crippen molar-refractivity contribution in [1.29, 1.82) is 0 Å². The van der Waals surface area contributed by atoms with Crippen LogP contribution in [0, 0.1) is 5.92 Å². The minimum atomic E-state index is -1.30. The summed E-state index contributed by atoms with van der Waals surface area (Å²) in [5, 5.41) is 19.9. The van der Waals surface area contributed by atoms with Crippen LogP contribution in [0.2, 0.25) is 5.02 Å². The molecule has 1 aliphatic rings. The topological polar surface area (TPSA) is 104 Å². The minimum absolute atomic E-state index is 0.217. The summed E-state index contributed by atoms with van der Waals surface area (Å²) in [5.74, 6) is -3.46. The van der Waals surface area contributed by atoms with Gasteiger partial charge < -0.3 is 19.8 Å². The lowest BCUT2D eigenvalue weighted by Gasteiger charge is -2.30. The SMILES string of the molecule is COc1ccccc1-c1ccc(C(=O)N2C(C(=O)O)CC(C(=O)O)C2c2ccccc2Cl)cc1. The molecular formula is C26H22ClNO6. The maximum Gasteiger partial charge on any atom is 0.326 e. The van der Waals surface area contributed by atoms with Crippen LogP contribution in [0.5, 0.6) is 5.75 Å². The quantitative estimate of drug-likeness (QED) is 0.528. The van der Waals surface area contributed by atoms with E-state index in [4.69, 9.17) is 16.3 Å². The third kappa shape index (κ3) is 4.22. The summed E-state index contributed by atoms with van der Waals surface area (Å²) in [6.45, 7) is 0. The Labute approximate surface area is 201 Å². The molecule has 7 nitrogen and oxygen atoms in total. The summed E-state index contributed by atoms with van der Waals surface area (Å²) < 4.78 is 5.40. The molecule has 1 saturated heterocycles. The normalized spacial score (nSPS) is 19.6. The second-order valence-electron chi connectivity index (χ2n) is 7.99. The smallest absolute Gasteiger partial charge is 0.326 e. The monoisotopic (exact) mass is 479 g/mol. The van der Waals surface area contributed by atoms with Crippen molar-refractivity contribution in [3.63, 3.8) is 0 Å². The van der Waals surface area contributed by atoms with E-state index in [1.54, 1.807) is 55.6 Å². The van der Waals surface area contributed by atoms with Crippen molar-refractivity contribution in [3.05, 3.63) is 88.9 Å². The number of carboxylic acids is 2. The molecule has 3 aromatic carbocycles. The van der Waals surface area contributed by atoms with Crippen molar-refractivity contribution < 1.29 is 29.3 Å². The highest BCUT2D eigenvalue weighted by atomic mass is 35.5. The van der Waals surface area contributed by atoms with Gasteiger partial charge in [-0.1, -0.05) is 60.1 Å². The number of carbonyl (C=O) groups excluding carboxylic acids is 1. The average molecular weight is 480 g/mol. The van der Waals surface area contributed by atoms with Crippen LogP contribution in [0.3, 0.4) is 0 Å². The minimum Gasteiger partial charge on any atom is -0.496 e. The standard InChI is InChI=1S/C26H22ClNO6/c1-34-22-9-5-3-6-17(22)15-10-12-16(13-11-15)24(29)28-21(26(32)33)14-19(25(30)31)23(28)18-7-2-4-8-20(18)27/h2-13,19,21,23H,14H2,1H3,(H,30,31)(H,32,33). The van der Waals surface area contributed by atoms with Crippen LogP contribution in [0.15, 0.2) is 72.8 Å². The van der Waals surface area contributed by atoms with Gasteiger partial charge >= 0.3 is 11.9 Å². The second-order valence-corrected chi connectivity index (χ2v) is 8.40. The molecule has 34 heavy (non-hydrogen) atoms. The molecule has 0 bridgehead atoms. The number of aliphatic carboxylic acids is 2. The number of likely N-dealkylation sites (tertiary alicyclic amines) is 1. The van der Waals surface area contributed by atoms with Crippen molar-refractivity contribution in [3.8, 4) is 16.9 Å². The molecule has 1 aliphatic heterocycles. The number of carboxylic acid groups (broad SMARTS) is 2. The zero-order valence-electron chi connectivity index (χ0n) is 18.2. The number of nitrogens with zero attached hydrogens (tertiary/aromatic N) is 1. The molecule has 0 aliphatic carbocycles.